The Morgan fingerprint density at radius 2 is 1.87 bits per heavy atom. The third-order valence-electron chi connectivity index (χ3n) is 5.18. The standard InChI is InChI=1S/C23H24N4O4/c1-30-20-9-5-4-8-18(20)19-12-21(26-25-19)24-22(28)14-31-15-23(29)27-11-10-16-6-2-3-7-17(16)13-27/h2-9,12H,10-11,13-15H2,1H3,(H2,24,25,26,28). The second-order valence-electron chi connectivity index (χ2n) is 7.24. The summed E-state index contributed by atoms with van der Waals surface area (Å²) in [6, 6.07) is 17.3. The minimum absolute atomic E-state index is 0.125. The van der Waals surface area contributed by atoms with Crippen LogP contribution in [-0.2, 0) is 27.3 Å². The molecule has 0 spiro atoms. The molecule has 2 aromatic carbocycles. The van der Waals surface area contributed by atoms with Gasteiger partial charge in [0, 0.05) is 24.7 Å². The lowest BCUT2D eigenvalue weighted by atomic mass is 10.00. The van der Waals surface area contributed by atoms with E-state index < -0.39 is 0 Å². The van der Waals surface area contributed by atoms with Crippen molar-refractivity contribution in [3.8, 4) is 17.0 Å². The number of hydrogen-bond donors (Lipinski definition) is 2. The molecule has 0 unspecified atom stereocenters. The first-order valence-electron chi connectivity index (χ1n) is 10.0. The number of fused-ring (bicyclic) bond motifs is 1. The largest absolute Gasteiger partial charge is 0.496 e. The molecular weight excluding hydrogens is 396 g/mol. The molecule has 0 saturated carbocycles. The van der Waals surface area contributed by atoms with Gasteiger partial charge >= 0.3 is 0 Å². The van der Waals surface area contributed by atoms with E-state index in [4.69, 9.17) is 9.47 Å². The maximum atomic E-state index is 12.4. The summed E-state index contributed by atoms with van der Waals surface area (Å²) in [7, 11) is 1.60. The number of anilines is 1. The van der Waals surface area contributed by atoms with Gasteiger partial charge in [0.2, 0.25) is 5.91 Å². The smallest absolute Gasteiger partial charge is 0.251 e. The molecule has 0 aliphatic carbocycles. The molecule has 31 heavy (non-hydrogen) atoms. The Balaban J connectivity index is 1.25. The lowest BCUT2D eigenvalue weighted by Gasteiger charge is -2.28. The summed E-state index contributed by atoms with van der Waals surface area (Å²) in [6.07, 6.45) is 0.829. The second kappa shape index (κ2) is 9.44. The SMILES string of the molecule is COc1ccccc1-c1cc(NC(=O)COCC(=O)N2CCc3ccccc3C2)n[nH]1. The second-order valence-corrected chi connectivity index (χ2v) is 7.24. The third kappa shape index (κ3) is 4.92. The molecule has 0 saturated heterocycles. The van der Waals surface area contributed by atoms with E-state index in [2.05, 4.69) is 21.6 Å². The van der Waals surface area contributed by atoms with Gasteiger partial charge in [-0.05, 0) is 29.7 Å². The highest BCUT2D eigenvalue weighted by atomic mass is 16.5. The van der Waals surface area contributed by atoms with Crippen molar-refractivity contribution in [2.24, 2.45) is 0 Å². The topological polar surface area (TPSA) is 96.5 Å². The number of ether oxygens (including phenoxy) is 2. The fraction of sp³-hybridized carbons (Fsp3) is 0.261. The van der Waals surface area contributed by atoms with Crippen molar-refractivity contribution in [2.75, 3.05) is 32.2 Å². The molecule has 1 aliphatic rings. The Kier molecular flexibility index (Phi) is 6.28. The van der Waals surface area contributed by atoms with Gasteiger partial charge in [-0.2, -0.15) is 5.10 Å². The number of benzene rings is 2. The predicted molar refractivity (Wildman–Crippen MR) is 116 cm³/mol. The number of hydrogen-bond acceptors (Lipinski definition) is 5. The molecule has 0 atom stereocenters. The maximum absolute atomic E-state index is 12.4. The van der Waals surface area contributed by atoms with Crippen LogP contribution in [0.4, 0.5) is 5.82 Å². The normalized spacial score (nSPS) is 12.9. The molecule has 8 nitrogen and oxygen atoms in total. The lowest BCUT2D eigenvalue weighted by molar-refractivity contribution is -0.138. The van der Waals surface area contributed by atoms with Crippen LogP contribution in [0.2, 0.25) is 0 Å². The van der Waals surface area contributed by atoms with Crippen LogP contribution in [-0.4, -0.2) is 53.8 Å². The van der Waals surface area contributed by atoms with Crippen LogP contribution >= 0.6 is 0 Å². The Morgan fingerprint density at radius 1 is 1.10 bits per heavy atom. The van der Waals surface area contributed by atoms with Gasteiger partial charge in [-0.3, -0.25) is 14.7 Å². The molecule has 0 fully saturated rings. The van der Waals surface area contributed by atoms with Crippen LogP contribution in [0.25, 0.3) is 11.3 Å². The molecule has 1 aliphatic heterocycles. The number of carbonyl (C=O) groups excluding carboxylic acids is 2. The number of carbonyl (C=O) groups is 2. The van der Waals surface area contributed by atoms with E-state index in [0.717, 1.165) is 17.5 Å². The summed E-state index contributed by atoms with van der Waals surface area (Å²) in [5.74, 6) is 0.565. The first-order chi connectivity index (χ1) is 15.1. The van der Waals surface area contributed by atoms with Crippen molar-refractivity contribution < 1.29 is 19.1 Å². The monoisotopic (exact) mass is 420 g/mol. The summed E-state index contributed by atoms with van der Waals surface area (Å²) in [5, 5.41) is 9.65. The molecule has 2 heterocycles. The van der Waals surface area contributed by atoms with E-state index in [1.54, 1.807) is 18.1 Å². The molecule has 160 valence electrons. The van der Waals surface area contributed by atoms with Gasteiger partial charge in [-0.25, -0.2) is 0 Å². The lowest BCUT2D eigenvalue weighted by Crippen LogP contribution is -2.38. The summed E-state index contributed by atoms with van der Waals surface area (Å²) in [6.45, 7) is 0.865. The predicted octanol–water partition coefficient (Wildman–Crippen LogP) is 2.63. The van der Waals surface area contributed by atoms with E-state index in [9.17, 15) is 9.59 Å². The van der Waals surface area contributed by atoms with Gasteiger partial charge in [0.05, 0.1) is 12.8 Å². The van der Waals surface area contributed by atoms with E-state index in [-0.39, 0.29) is 25.0 Å². The molecule has 3 aromatic rings. The summed E-state index contributed by atoms with van der Waals surface area (Å²) in [4.78, 5) is 26.3. The van der Waals surface area contributed by atoms with Crippen LogP contribution in [0.1, 0.15) is 11.1 Å². The van der Waals surface area contributed by atoms with Crippen molar-refractivity contribution in [1.29, 1.82) is 0 Å². The fourth-order valence-corrected chi connectivity index (χ4v) is 3.60. The molecule has 4 rings (SSSR count). The van der Waals surface area contributed by atoms with Crippen molar-refractivity contribution in [3.05, 3.63) is 65.7 Å². The molecular formula is C23H24N4O4. The highest BCUT2D eigenvalue weighted by Crippen LogP contribution is 2.29. The Labute approximate surface area is 180 Å². The van der Waals surface area contributed by atoms with Crippen molar-refractivity contribution in [2.45, 2.75) is 13.0 Å². The van der Waals surface area contributed by atoms with Crippen LogP contribution in [0.3, 0.4) is 0 Å². The van der Waals surface area contributed by atoms with Gasteiger partial charge in [0.25, 0.3) is 5.91 Å². The van der Waals surface area contributed by atoms with Crippen molar-refractivity contribution >= 4 is 17.6 Å². The van der Waals surface area contributed by atoms with E-state index in [1.807, 2.05) is 42.5 Å². The van der Waals surface area contributed by atoms with Crippen molar-refractivity contribution in [3.63, 3.8) is 0 Å². The van der Waals surface area contributed by atoms with E-state index in [0.29, 0.717) is 30.4 Å². The van der Waals surface area contributed by atoms with Gasteiger partial charge < -0.3 is 19.7 Å². The highest BCUT2D eigenvalue weighted by Gasteiger charge is 2.20. The zero-order chi connectivity index (χ0) is 21.6. The number of nitrogens with zero attached hydrogens (tertiary/aromatic N) is 2. The quantitative estimate of drug-likeness (QED) is 0.613. The number of H-pyrrole nitrogens is 1. The maximum Gasteiger partial charge on any atom is 0.251 e. The first kappa shape index (κ1) is 20.6. The van der Waals surface area contributed by atoms with Gasteiger partial charge in [0.1, 0.15) is 19.0 Å². The Bertz CT molecular complexity index is 1080. The van der Waals surface area contributed by atoms with Crippen LogP contribution < -0.4 is 10.1 Å². The van der Waals surface area contributed by atoms with Crippen molar-refractivity contribution in [1.82, 2.24) is 15.1 Å². The van der Waals surface area contributed by atoms with Crippen LogP contribution in [0.5, 0.6) is 5.75 Å². The Morgan fingerprint density at radius 3 is 2.71 bits per heavy atom. The summed E-state index contributed by atoms with van der Waals surface area (Å²) in [5.41, 5.74) is 3.99. The van der Waals surface area contributed by atoms with E-state index in [1.165, 1.54) is 5.56 Å². The number of para-hydroxylation sites is 1. The zero-order valence-corrected chi connectivity index (χ0v) is 17.3. The molecule has 2 amide bonds. The third-order valence-corrected chi connectivity index (χ3v) is 5.18. The van der Waals surface area contributed by atoms with Gasteiger partial charge in [-0.1, -0.05) is 36.4 Å². The number of aromatic amines is 1. The molecule has 2 N–H and O–H groups in total. The average Bonchev–Trinajstić information content (AvgIpc) is 3.26. The highest BCUT2D eigenvalue weighted by molar-refractivity contribution is 5.91. The zero-order valence-electron chi connectivity index (χ0n) is 17.3. The minimum atomic E-state index is -0.380. The Hall–Kier alpha value is -3.65. The molecule has 1 aromatic heterocycles. The van der Waals surface area contributed by atoms with Gasteiger partial charge in [0.15, 0.2) is 5.82 Å². The molecule has 0 radical (unpaired) electrons. The van der Waals surface area contributed by atoms with Crippen LogP contribution in [0.15, 0.2) is 54.6 Å². The number of aromatic nitrogens is 2. The fourth-order valence-electron chi connectivity index (χ4n) is 3.60. The number of amides is 2. The molecule has 8 heteroatoms. The first-order valence-corrected chi connectivity index (χ1v) is 10.0. The summed E-state index contributed by atoms with van der Waals surface area (Å²) >= 11 is 0. The number of rotatable bonds is 7. The number of nitrogens with one attached hydrogen (secondary N) is 2. The van der Waals surface area contributed by atoms with Crippen LogP contribution in [0, 0.1) is 0 Å². The minimum Gasteiger partial charge on any atom is -0.496 e. The average molecular weight is 420 g/mol. The van der Waals surface area contributed by atoms with E-state index >= 15 is 0 Å². The number of methoxy groups -OCH3 is 1. The summed E-state index contributed by atoms with van der Waals surface area (Å²) < 4.78 is 10.7. The molecule has 0 bridgehead atoms. The van der Waals surface area contributed by atoms with Gasteiger partial charge in [-0.15, -0.1) is 0 Å².